The van der Waals surface area contributed by atoms with E-state index in [4.69, 9.17) is 5.73 Å². The van der Waals surface area contributed by atoms with Crippen LogP contribution in [0.15, 0.2) is 28.7 Å². The Morgan fingerprint density at radius 1 is 1.26 bits per heavy atom. The molecule has 1 saturated carbocycles. The third-order valence-electron chi connectivity index (χ3n) is 4.05. The normalized spacial score (nSPS) is 17.4. The van der Waals surface area contributed by atoms with E-state index >= 15 is 0 Å². The summed E-state index contributed by atoms with van der Waals surface area (Å²) >= 11 is 3.41. The molecule has 0 radical (unpaired) electrons. The van der Waals surface area contributed by atoms with Crippen molar-refractivity contribution in [2.45, 2.75) is 32.1 Å². The van der Waals surface area contributed by atoms with E-state index in [2.05, 4.69) is 33.4 Å². The molecular weight excluding hydrogens is 304 g/mol. The van der Waals surface area contributed by atoms with E-state index in [0.29, 0.717) is 13.1 Å². The minimum absolute atomic E-state index is 0.143. The largest absolute Gasteiger partial charge is 0.355 e. The van der Waals surface area contributed by atoms with Gasteiger partial charge in [0.25, 0.3) is 0 Å². The number of nitrogens with one attached hydrogen (secondary N) is 1. The third-order valence-corrected chi connectivity index (χ3v) is 4.57. The fourth-order valence-electron chi connectivity index (χ4n) is 2.73. The zero-order chi connectivity index (χ0) is 13.7. The minimum atomic E-state index is -0.292. The summed E-state index contributed by atoms with van der Waals surface area (Å²) in [6.07, 6.45) is 4.98. The maximum absolute atomic E-state index is 12.2. The fourth-order valence-corrected chi connectivity index (χ4v) is 3.00. The van der Waals surface area contributed by atoms with E-state index in [1.165, 1.54) is 5.56 Å². The predicted molar refractivity (Wildman–Crippen MR) is 80.8 cm³/mol. The van der Waals surface area contributed by atoms with Crippen molar-refractivity contribution in [3.05, 3.63) is 34.3 Å². The van der Waals surface area contributed by atoms with Crippen LogP contribution in [0.4, 0.5) is 0 Å². The molecule has 2 rings (SSSR count). The first-order valence-corrected chi connectivity index (χ1v) is 7.68. The number of hydrogen-bond donors (Lipinski definition) is 2. The number of benzene rings is 1. The van der Waals surface area contributed by atoms with E-state index in [0.717, 1.165) is 36.6 Å². The Kier molecular flexibility index (Phi) is 4.99. The lowest BCUT2D eigenvalue weighted by Gasteiger charge is -2.25. The first-order valence-electron chi connectivity index (χ1n) is 6.89. The van der Waals surface area contributed by atoms with Crippen LogP contribution in [0.2, 0.25) is 0 Å². The highest BCUT2D eigenvalue weighted by Crippen LogP contribution is 2.37. The zero-order valence-electron chi connectivity index (χ0n) is 11.1. The van der Waals surface area contributed by atoms with Crippen LogP contribution in [-0.4, -0.2) is 19.0 Å². The summed E-state index contributed by atoms with van der Waals surface area (Å²) in [6, 6.07) is 8.19. The predicted octanol–water partition coefficient (Wildman–Crippen LogP) is 2.63. The molecule has 1 aromatic carbocycles. The summed E-state index contributed by atoms with van der Waals surface area (Å²) in [6.45, 7) is 1.15. The van der Waals surface area contributed by atoms with Crippen molar-refractivity contribution in [2.75, 3.05) is 13.1 Å². The fraction of sp³-hybridized carbons (Fsp3) is 0.533. The molecule has 0 heterocycles. The van der Waals surface area contributed by atoms with Crippen LogP contribution < -0.4 is 11.1 Å². The van der Waals surface area contributed by atoms with Gasteiger partial charge >= 0.3 is 0 Å². The van der Waals surface area contributed by atoms with Crippen molar-refractivity contribution in [3.8, 4) is 0 Å². The van der Waals surface area contributed by atoms with Gasteiger partial charge in [0.2, 0.25) is 5.91 Å². The molecule has 1 amide bonds. The molecule has 3 nitrogen and oxygen atoms in total. The quantitative estimate of drug-likeness (QED) is 0.874. The monoisotopic (exact) mass is 324 g/mol. The smallest absolute Gasteiger partial charge is 0.227 e. The molecule has 0 spiro atoms. The number of carbonyl (C=O) groups is 1. The van der Waals surface area contributed by atoms with E-state index in [9.17, 15) is 4.79 Å². The van der Waals surface area contributed by atoms with Gasteiger partial charge in [0, 0.05) is 17.6 Å². The lowest BCUT2D eigenvalue weighted by atomic mass is 9.85. The maximum Gasteiger partial charge on any atom is 0.227 e. The molecule has 0 saturated heterocycles. The number of nitrogens with two attached hydrogens (primary N) is 1. The average Bonchev–Trinajstić information content (AvgIpc) is 2.91. The van der Waals surface area contributed by atoms with Crippen molar-refractivity contribution in [1.29, 1.82) is 0 Å². The molecule has 0 unspecified atom stereocenters. The first-order chi connectivity index (χ1) is 9.16. The Bertz CT molecular complexity index is 424. The maximum atomic E-state index is 12.2. The lowest BCUT2D eigenvalue weighted by Crippen LogP contribution is -2.44. The third kappa shape index (κ3) is 3.57. The summed E-state index contributed by atoms with van der Waals surface area (Å²) in [5, 5.41) is 3.05. The highest BCUT2D eigenvalue weighted by Gasteiger charge is 2.39. The van der Waals surface area contributed by atoms with Gasteiger partial charge in [0.05, 0.1) is 5.41 Å². The van der Waals surface area contributed by atoms with Crippen LogP contribution in [0, 0.1) is 5.41 Å². The molecule has 1 aromatic rings. The molecule has 1 aliphatic rings. The summed E-state index contributed by atoms with van der Waals surface area (Å²) in [7, 11) is 0. The van der Waals surface area contributed by atoms with Gasteiger partial charge in [-0.25, -0.2) is 0 Å². The molecule has 4 heteroatoms. The van der Waals surface area contributed by atoms with Gasteiger partial charge in [0.15, 0.2) is 0 Å². The minimum Gasteiger partial charge on any atom is -0.355 e. The molecule has 1 aliphatic carbocycles. The summed E-state index contributed by atoms with van der Waals surface area (Å²) in [5.74, 6) is 0.143. The summed E-state index contributed by atoms with van der Waals surface area (Å²) in [5.41, 5.74) is 6.74. The Morgan fingerprint density at radius 3 is 2.47 bits per heavy atom. The first kappa shape index (κ1) is 14.5. The number of hydrogen-bond acceptors (Lipinski definition) is 2. The molecular formula is C15H21BrN2O. The van der Waals surface area contributed by atoms with Crippen molar-refractivity contribution in [3.63, 3.8) is 0 Å². The second-order valence-corrected chi connectivity index (χ2v) is 6.24. The van der Waals surface area contributed by atoms with Crippen molar-refractivity contribution < 1.29 is 4.79 Å². The molecule has 104 valence electrons. The van der Waals surface area contributed by atoms with Gasteiger partial charge in [-0.05, 0) is 37.0 Å². The Labute approximate surface area is 123 Å². The van der Waals surface area contributed by atoms with Crippen molar-refractivity contribution >= 4 is 21.8 Å². The van der Waals surface area contributed by atoms with Gasteiger partial charge in [-0.2, -0.15) is 0 Å². The average molecular weight is 325 g/mol. The molecule has 3 N–H and O–H groups in total. The second kappa shape index (κ2) is 6.53. The SMILES string of the molecule is NCC1(C(=O)NCCc2ccc(Br)cc2)CCCC1. The van der Waals surface area contributed by atoms with E-state index < -0.39 is 0 Å². The van der Waals surface area contributed by atoms with E-state index in [1.807, 2.05) is 12.1 Å². The number of rotatable bonds is 5. The molecule has 0 bridgehead atoms. The van der Waals surface area contributed by atoms with Crippen molar-refractivity contribution in [2.24, 2.45) is 11.1 Å². The van der Waals surface area contributed by atoms with Crippen molar-refractivity contribution in [1.82, 2.24) is 5.32 Å². The molecule has 0 aliphatic heterocycles. The summed E-state index contributed by atoms with van der Waals surface area (Å²) < 4.78 is 1.08. The number of halogens is 1. The van der Waals surface area contributed by atoms with Gasteiger partial charge < -0.3 is 11.1 Å². The summed E-state index contributed by atoms with van der Waals surface area (Å²) in [4.78, 5) is 12.2. The lowest BCUT2D eigenvalue weighted by molar-refractivity contribution is -0.130. The van der Waals surface area contributed by atoms with Gasteiger partial charge in [0.1, 0.15) is 0 Å². The molecule has 19 heavy (non-hydrogen) atoms. The van der Waals surface area contributed by atoms with Crippen LogP contribution >= 0.6 is 15.9 Å². The zero-order valence-corrected chi connectivity index (χ0v) is 12.7. The topological polar surface area (TPSA) is 55.1 Å². The second-order valence-electron chi connectivity index (χ2n) is 5.32. The Balaban J connectivity index is 1.82. The molecule has 0 atom stereocenters. The Hall–Kier alpha value is -0.870. The Morgan fingerprint density at radius 2 is 1.89 bits per heavy atom. The van der Waals surface area contributed by atoms with Crippen LogP contribution in [0.1, 0.15) is 31.2 Å². The number of carbonyl (C=O) groups excluding carboxylic acids is 1. The van der Waals surface area contributed by atoms with Gasteiger partial charge in [-0.1, -0.05) is 40.9 Å². The van der Waals surface area contributed by atoms with Gasteiger partial charge in [-0.15, -0.1) is 0 Å². The van der Waals surface area contributed by atoms with Crippen LogP contribution in [0.25, 0.3) is 0 Å². The van der Waals surface area contributed by atoms with Crippen LogP contribution in [-0.2, 0) is 11.2 Å². The van der Waals surface area contributed by atoms with Crippen LogP contribution in [0.3, 0.4) is 0 Å². The number of amides is 1. The molecule has 1 fully saturated rings. The van der Waals surface area contributed by atoms with Crippen LogP contribution in [0.5, 0.6) is 0 Å². The molecule has 0 aromatic heterocycles. The van der Waals surface area contributed by atoms with E-state index in [1.54, 1.807) is 0 Å². The standard InChI is InChI=1S/C15H21BrN2O/c16-13-5-3-12(4-6-13)7-10-18-14(19)15(11-17)8-1-2-9-15/h3-6H,1-2,7-11,17H2,(H,18,19). The highest BCUT2D eigenvalue weighted by atomic mass is 79.9. The highest BCUT2D eigenvalue weighted by molar-refractivity contribution is 9.10. The van der Waals surface area contributed by atoms with Gasteiger partial charge in [-0.3, -0.25) is 4.79 Å². The van der Waals surface area contributed by atoms with E-state index in [-0.39, 0.29) is 11.3 Å².